The van der Waals surface area contributed by atoms with Gasteiger partial charge in [-0.3, -0.25) is 15.0 Å². The number of guanidine groups is 1. The van der Waals surface area contributed by atoms with Crippen LogP contribution in [0.25, 0.3) is 0 Å². The van der Waals surface area contributed by atoms with Gasteiger partial charge in [0.25, 0.3) is 0 Å². The molecule has 1 atom stereocenters. The molecule has 2 aliphatic heterocycles. The molecule has 0 aliphatic carbocycles. The standard InChI is InChI=1S/C17H20ClFN4O4/c1-17(10-2-3-11(19)14(20)13(10)18)8-12(24)23(9-4-6-27-7-5-9)15(22-17)21-16(25)26/h2-3,9H,4-8,20H2,1H3,(H,21,22)(H,25,26)/t17-/m0/s1. The second kappa shape index (κ2) is 7.32. The van der Waals surface area contributed by atoms with Crippen molar-refractivity contribution in [2.45, 2.75) is 37.8 Å². The number of carboxylic acid groups (broad SMARTS) is 1. The molecule has 0 aromatic heterocycles. The highest BCUT2D eigenvalue weighted by atomic mass is 35.5. The molecule has 1 aromatic rings. The van der Waals surface area contributed by atoms with E-state index in [1.165, 1.54) is 11.0 Å². The van der Waals surface area contributed by atoms with E-state index in [1.54, 1.807) is 6.92 Å². The van der Waals surface area contributed by atoms with Crippen molar-refractivity contribution in [2.24, 2.45) is 4.99 Å². The number of amides is 2. The van der Waals surface area contributed by atoms with E-state index in [4.69, 9.17) is 22.1 Å². The van der Waals surface area contributed by atoms with Crippen LogP contribution < -0.4 is 11.1 Å². The molecule has 0 radical (unpaired) electrons. The zero-order chi connectivity index (χ0) is 19.8. The summed E-state index contributed by atoms with van der Waals surface area (Å²) in [6.07, 6.45) is -0.243. The minimum Gasteiger partial charge on any atom is -0.465 e. The van der Waals surface area contributed by atoms with E-state index in [1.807, 2.05) is 0 Å². The first kappa shape index (κ1) is 19.4. The monoisotopic (exact) mass is 398 g/mol. The number of benzene rings is 1. The van der Waals surface area contributed by atoms with Crippen LogP contribution >= 0.6 is 11.6 Å². The molecule has 27 heavy (non-hydrogen) atoms. The molecule has 2 heterocycles. The molecule has 0 unspecified atom stereocenters. The third kappa shape index (κ3) is 3.70. The van der Waals surface area contributed by atoms with Crippen LogP contribution in [0, 0.1) is 5.82 Å². The normalized spacial score (nSPS) is 23.9. The van der Waals surface area contributed by atoms with Gasteiger partial charge in [-0.1, -0.05) is 17.7 Å². The van der Waals surface area contributed by atoms with Crippen LogP contribution in [0.3, 0.4) is 0 Å². The Morgan fingerprint density at radius 1 is 1.48 bits per heavy atom. The number of carbonyl (C=O) groups is 2. The number of nitrogens with zero attached hydrogens (tertiary/aromatic N) is 2. The molecular formula is C17H20ClFN4O4. The molecule has 3 rings (SSSR count). The van der Waals surface area contributed by atoms with Gasteiger partial charge in [-0.05, 0) is 25.8 Å². The zero-order valence-electron chi connectivity index (χ0n) is 14.7. The molecule has 2 amide bonds. The second-order valence-electron chi connectivity index (χ2n) is 6.75. The molecule has 2 aliphatic rings. The molecule has 4 N–H and O–H groups in total. The number of aliphatic imine (C=N–C) groups is 1. The molecule has 0 bridgehead atoms. The molecule has 10 heteroatoms. The van der Waals surface area contributed by atoms with E-state index in [0.29, 0.717) is 31.6 Å². The van der Waals surface area contributed by atoms with Gasteiger partial charge in [0, 0.05) is 24.8 Å². The topological polar surface area (TPSA) is 117 Å². The number of nitrogens with one attached hydrogen (secondary N) is 1. The Morgan fingerprint density at radius 2 is 2.15 bits per heavy atom. The summed E-state index contributed by atoms with van der Waals surface area (Å²) in [5.74, 6) is -1.06. The molecule has 1 saturated heterocycles. The minimum absolute atomic E-state index is 0.0387. The van der Waals surface area contributed by atoms with E-state index < -0.39 is 17.4 Å². The Balaban J connectivity index is 2.06. The average molecular weight is 399 g/mol. The zero-order valence-corrected chi connectivity index (χ0v) is 15.4. The maximum absolute atomic E-state index is 13.7. The lowest BCUT2D eigenvalue weighted by atomic mass is 9.86. The Labute approximate surface area is 160 Å². The first-order valence-corrected chi connectivity index (χ1v) is 8.84. The van der Waals surface area contributed by atoms with Crippen molar-refractivity contribution in [3.05, 3.63) is 28.5 Å². The summed E-state index contributed by atoms with van der Waals surface area (Å²) in [6, 6.07) is 2.35. The largest absolute Gasteiger partial charge is 0.465 e. The Hall–Kier alpha value is -2.39. The molecular weight excluding hydrogens is 379 g/mol. The fourth-order valence-corrected chi connectivity index (χ4v) is 3.83. The van der Waals surface area contributed by atoms with Crippen LogP contribution in [0.2, 0.25) is 5.02 Å². The van der Waals surface area contributed by atoms with Gasteiger partial charge in [-0.15, -0.1) is 0 Å². The predicted octanol–water partition coefficient (Wildman–Crippen LogP) is 2.31. The SMILES string of the molecule is C[C@@]1(c2ccc(F)c(N)c2Cl)CC(=O)N(C2CCOCC2)C(NC(=O)O)=N1. The summed E-state index contributed by atoms with van der Waals surface area (Å²) in [5, 5.41) is 11.4. The van der Waals surface area contributed by atoms with Gasteiger partial charge in [0.15, 0.2) is 0 Å². The Kier molecular flexibility index (Phi) is 5.25. The van der Waals surface area contributed by atoms with Gasteiger partial charge in [-0.2, -0.15) is 0 Å². The van der Waals surface area contributed by atoms with Crippen LogP contribution in [-0.4, -0.2) is 47.2 Å². The summed E-state index contributed by atoms with van der Waals surface area (Å²) in [4.78, 5) is 30.1. The van der Waals surface area contributed by atoms with E-state index in [-0.39, 0.29) is 35.0 Å². The molecule has 1 aromatic carbocycles. The van der Waals surface area contributed by atoms with Crippen molar-refractivity contribution in [1.82, 2.24) is 10.2 Å². The summed E-state index contributed by atoms with van der Waals surface area (Å²) < 4.78 is 19.0. The second-order valence-corrected chi connectivity index (χ2v) is 7.12. The lowest BCUT2D eigenvalue weighted by molar-refractivity contribution is -0.132. The number of anilines is 1. The summed E-state index contributed by atoms with van der Waals surface area (Å²) >= 11 is 6.20. The highest BCUT2D eigenvalue weighted by molar-refractivity contribution is 6.34. The number of ether oxygens (including phenoxy) is 1. The van der Waals surface area contributed by atoms with Crippen molar-refractivity contribution in [3.8, 4) is 0 Å². The summed E-state index contributed by atoms with van der Waals surface area (Å²) in [5.41, 5.74) is 4.60. The lowest BCUT2D eigenvalue weighted by Crippen LogP contribution is -2.57. The fraction of sp³-hybridized carbons (Fsp3) is 0.471. The highest BCUT2D eigenvalue weighted by Gasteiger charge is 2.43. The number of rotatable bonds is 2. The van der Waals surface area contributed by atoms with E-state index in [9.17, 15) is 19.1 Å². The van der Waals surface area contributed by atoms with Gasteiger partial charge in [0.1, 0.15) is 5.82 Å². The van der Waals surface area contributed by atoms with E-state index in [2.05, 4.69) is 10.3 Å². The highest BCUT2D eigenvalue weighted by Crippen LogP contribution is 2.41. The average Bonchev–Trinajstić information content (AvgIpc) is 2.59. The van der Waals surface area contributed by atoms with Crippen LogP contribution in [0.15, 0.2) is 17.1 Å². The predicted molar refractivity (Wildman–Crippen MR) is 97.1 cm³/mol. The first-order chi connectivity index (χ1) is 12.7. The van der Waals surface area contributed by atoms with E-state index >= 15 is 0 Å². The van der Waals surface area contributed by atoms with Crippen LogP contribution in [-0.2, 0) is 15.1 Å². The third-order valence-corrected chi connectivity index (χ3v) is 5.23. The van der Waals surface area contributed by atoms with Crippen molar-refractivity contribution in [1.29, 1.82) is 0 Å². The maximum Gasteiger partial charge on any atom is 0.411 e. The molecule has 146 valence electrons. The van der Waals surface area contributed by atoms with Gasteiger partial charge in [-0.25, -0.2) is 14.2 Å². The fourth-order valence-electron chi connectivity index (χ4n) is 3.47. The van der Waals surface area contributed by atoms with Gasteiger partial charge in [0.2, 0.25) is 11.9 Å². The van der Waals surface area contributed by atoms with Gasteiger partial charge < -0.3 is 15.6 Å². The number of hydrogen-bond acceptors (Lipinski definition) is 5. The number of halogens is 2. The number of nitrogens with two attached hydrogens (primary N) is 1. The number of nitrogen functional groups attached to an aromatic ring is 1. The van der Waals surface area contributed by atoms with Crippen LogP contribution in [0.5, 0.6) is 0 Å². The summed E-state index contributed by atoms with van der Waals surface area (Å²) in [6.45, 7) is 2.59. The Morgan fingerprint density at radius 3 is 2.78 bits per heavy atom. The Bertz CT molecular complexity index is 812. The molecule has 1 fully saturated rings. The van der Waals surface area contributed by atoms with Crippen LogP contribution in [0.4, 0.5) is 14.9 Å². The molecule has 0 spiro atoms. The van der Waals surface area contributed by atoms with Crippen molar-refractivity contribution in [3.63, 3.8) is 0 Å². The third-order valence-electron chi connectivity index (χ3n) is 4.83. The van der Waals surface area contributed by atoms with Crippen LogP contribution in [0.1, 0.15) is 31.7 Å². The maximum atomic E-state index is 13.7. The van der Waals surface area contributed by atoms with Gasteiger partial charge >= 0.3 is 6.09 Å². The quantitative estimate of drug-likeness (QED) is 0.661. The first-order valence-electron chi connectivity index (χ1n) is 8.46. The number of carbonyl (C=O) groups excluding carboxylic acids is 1. The van der Waals surface area contributed by atoms with Crippen molar-refractivity contribution >= 4 is 35.2 Å². The minimum atomic E-state index is -1.34. The molecule has 8 nitrogen and oxygen atoms in total. The van der Waals surface area contributed by atoms with E-state index in [0.717, 1.165) is 6.07 Å². The molecule has 0 saturated carbocycles. The smallest absolute Gasteiger partial charge is 0.411 e. The summed E-state index contributed by atoms with van der Waals surface area (Å²) in [7, 11) is 0. The van der Waals surface area contributed by atoms with Crippen molar-refractivity contribution < 1.29 is 23.8 Å². The lowest BCUT2D eigenvalue weighted by Gasteiger charge is -2.41. The number of hydrogen-bond donors (Lipinski definition) is 3. The van der Waals surface area contributed by atoms with Crippen molar-refractivity contribution in [2.75, 3.05) is 18.9 Å². The van der Waals surface area contributed by atoms with Gasteiger partial charge in [0.05, 0.1) is 22.7 Å².